The molecular weight excluding hydrogens is 190 g/mol. The summed E-state index contributed by atoms with van der Waals surface area (Å²) >= 11 is 7.46. The van der Waals surface area contributed by atoms with Crippen molar-refractivity contribution < 1.29 is 0 Å². The predicted molar refractivity (Wildman–Crippen MR) is 56.6 cm³/mol. The summed E-state index contributed by atoms with van der Waals surface area (Å²) in [5, 5.41) is 1.97. The van der Waals surface area contributed by atoms with Crippen molar-refractivity contribution in [1.82, 2.24) is 0 Å². The van der Waals surface area contributed by atoms with Crippen molar-refractivity contribution in [2.75, 3.05) is 0 Å². The molecule has 2 N–H and O–H groups in total. The average molecular weight is 202 g/mol. The van der Waals surface area contributed by atoms with E-state index < -0.39 is 0 Å². The summed E-state index contributed by atoms with van der Waals surface area (Å²) in [6.45, 7) is 3.98. The minimum atomic E-state index is 0.0981. The van der Waals surface area contributed by atoms with Crippen LogP contribution in [-0.4, -0.2) is 6.04 Å². The fourth-order valence-corrected chi connectivity index (χ4v) is 1.65. The summed E-state index contributed by atoms with van der Waals surface area (Å²) in [5.74, 6) is 0. The first-order valence-corrected chi connectivity index (χ1v) is 5.04. The van der Waals surface area contributed by atoms with E-state index in [-0.39, 0.29) is 6.04 Å². The predicted octanol–water partition coefficient (Wildman–Crippen LogP) is 3.15. The van der Waals surface area contributed by atoms with Gasteiger partial charge in [0.05, 0.1) is 0 Å². The molecule has 0 saturated heterocycles. The van der Waals surface area contributed by atoms with Crippen LogP contribution in [0.5, 0.6) is 0 Å². The molecule has 0 saturated carbocycles. The molecule has 0 aliphatic carbocycles. The van der Waals surface area contributed by atoms with Gasteiger partial charge < -0.3 is 5.73 Å². The Bertz CT molecular complexity index is 288. The fraction of sp³-hybridized carbons (Fsp3) is 0.333. The van der Waals surface area contributed by atoms with Crippen LogP contribution in [0.1, 0.15) is 19.4 Å². The molecule has 0 aliphatic rings. The molecule has 1 aromatic rings. The quantitative estimate of drug-likeness (QED) is 0.782. The lowest BCUT2D eigenvalue weighted by molar-refractivity contribution is 0.868. The van der Waals surface area contributed by atoms with Crippen LogP contribution in [0.25, 0.3) is 6.08 Å². The monoisotopic (exact) mass is 201 g/mol. The molecule has 66 valence electrons. The molecule has 1 unspecified atom stereocenters. The highest BCUT2D eigenvalue weighted by Gasteiger charge is 2.00. The van der Waals surface area contributed by atoms with Gasteiger partial charge in [-0.3, -0.25) is 0 Å². The lowest BCUT2D eigenvalue weighted by atomic mass is 10.1. The molecule has 0 aromatic carbocycles. The Morgan fingerprint density at radius 3 is 2.83 bits per heavy atom. The highest BCUT2D eigenvalue weighted by atomic mass is 35.5. The maximum atomic E-state index is 5.92. The van der Waals surface area contributed by atoms with Crippen molar-refractivity contribution in [3.05, 3.63) is 26.9 Å². The van der Waals surface area contributed by atoms with Crippen LogP contribution in [0.15, 0.2) is 17.0 Å². The van der Waals surface area contributed by atoms with Gasteiger partial charge in [0.1, 0.15) is 4.34 Å². The Morgan fingerprint density at radius 2 is 2.42 bits per heavy atom. The summed E-state index contributed by atoms with van der Waals surface area (Å²) < 4.78 is 0.829. The van der Waals surface area contributed by atoms with Crippen LogP contribution in [0.4, 0.5) is 0 Å². The van der Waals surface area contributed by atoms with Gasteiger partial charge in [-0.25, -0.2) is 0 Å². The minimum absolute atomic E-state index is 0.0981. The number of hydrogen-bond donors (Lipinski definition) is 1. The first-order chi connectivity index (χ1) is 5.61. The summed E-state index contributed by atoms with van der Waals surface area (Å²) in [7, 11) is 0. The van der Waals surface area contributed by atoms with E-state index in [1.54, 1.807) is 0 Å². The van der Waals surface area contributed by atoms with E-state index >= 15 is 0 Å². The van der Waals surface area contributed by atoms with Crippen LogP contribution < -0.4 is 5.73 Å². The summed E-state index contributed by atoms with van der Waals surface area (Å²) in [6, 6.07) is 2.10. The molecule has 1 heterocycles. The van der Waals surface area contributed by atoms with Crippen molar-refractivity contribution in [3.8, 4) is 0 Å². The Balaban J connectivity index is 2.87. The van der Waals surface area contributed by atoms with E-state index in [9.17, 15) is 0 Å². The van der Waals surface area contributed by atoms with Gasteiger partial charge in [-0.05, 0) is 25.3 Å². The van der Waals surface area contributed by atoms with Crippen LogP contribution >= 0.6 is 22.9 Å². The summed E-state index contributed by atoms with van der Waals surface area (Å²) in [6.07, 6.45) is 2.03. The second kappa shape index (κ2) is 4.08. The minimum Gasteiger partial charge on any atom is -0.324 e. The Kier molecular flexibility index (Phi) is 3.32. The van der Waals surface area contributed by atoms with E-state index in [0.29, 0.717) is 0 Å². The zero-order chi connectivity index (χ0) is 9.14. The molecule has 0 fully saturated rings. The molecule has 3 heteroatoms. The molecule has 1 rings (SSSR count). The first-order valence-electron chi connectivity index (χ1n) is 3.78. The lowest BCUT2D eigenvalue weighted by Gasteiger charge is -2.03. The number of thiophene rings is 1. The molecule has 12 heavy (non-hydrogen) atoms. The second-order valence-corrected chi connectivity index (χ2v) is 4.34. The highest BCUT2D eigenvalue weighted by molar-refractivity contribution is 7.14. The normalized spacial score (nSPS) is 14.8. The van der Waals surface area contributed by atoms with Gasteiger partial charge in [0, 0.05) is 11.6 Å². The van der Waals surface area contributed by atoms with Gasteiger partial charge in [0.2, 0.25) is 0 Å². The third-order valence-corrected chi connectivity index (χ3v) is 2.95. The van der Waals surface area contributed by atoms with Crippen molar-refractivity contribution in [1.29, 1.82) is 0 Å². The molecule has 0 aliphatic heterocycles. The number of hydrogen-bond acceptors (Lipinski definition) is 2. The number of rotatable bonds is 2. The standard InChI is InChI=1S/C9H12ClNS/c1-6(7(2)11)5-8-3-4-12-9(8)10/h3-5,7H,11H2,1-2H3/b6-5+. The smallest absolute Gasteiger partial charge is 0.100 e. The molecule has 1 aromatic heterocycles. The van der Waals surface area contributed by atoms with Crippen LogP contribution in [0.3, 0.4) is 0 Å². The lowest BCUT2D eigenvalue weighted by Crippen LogP contribution is -2.15. The van der Waals surface area contributed by atoms with Gasteiger partial charge in [-0.15, -0.1) is 11.3 Å². The highest BCUT2D eigenvalue weighted by Crippen LogP contribution is 2.25. The summed E-state index contributed by atoms with van der Waals surface area (Å²) in [4.78, 5) is 0. The van der Waals surface area contributed by atoms with Gasteiger partial charge in [-0.2, -0.15) is 0 Å². The second-order valence-electron chi connectivity index (χ2n) is 2.83. The van der Waals surface area contributed by atoms with E-state index in [0.717, 1.165) is 15.5 Å². The summed E-state index contributed by atoms with van der Waals surface area (Å²) in [5.41, 5.74) is 7.91. The van der Waals surface area contributed by atoms with Crippen LogP contribution in [-0.2, 0) is 0 Å². The molecule has 0 radical (unpaired) electrons. The largest absolute Gasteiger partial charge is 0.324 e. The maximum Gasteiger partial charge on any atom is 0.100 e. The Morgan fingerprint density at radius 1 is 1.75 bits per heavy atom. The van der Waals surface area contributed by atoms with Crippen molar-refractivity contribution in [2.45, 2.75) is 19.9 Å². The van der Waals surface area contributed by atoms with Crippen molar-refractivity contribution in [3.63, 3.8) is 0 Å². The fourth-order valence-electron chi connectivity index (χ4n) is 0.782. The molecule has 0 amide bonds. The topological polar surface area (TPSA) is 26.0 Å². The van der Waals surface area contributed by atoms with Gasteiger partial charge in [0.15, 0.2) is 0 Å². The third kappa shape index (κ3) is 2.34. The Hall–Kier alpha value is -0.310. The molecular formula is C9H12ClNS. The number of halogens is 1. The van der Waals surface area contributed by atoms with Gasteiger partial charge in [-0.1, -0.05) is 23.3 Å². The molecule has 0 bridgehead atoms. The van der Waals surface area contributed by atoms with Crippen LogP contribution in [0, 0.1) is 0 Å². The van der Waals surface area contributed by atoms with Crippen molar-refractivity contribution >= 4 is 29.0 Å². The molecule has 1 atom stereocenters. The SMILES string of the molecule is C/C(=C\c1ccsc1Cl)C(C)N. The van der Waals surface area contributed by atoms with Gasteiger partial charge >= 0.3 is 0 Å². The van der Waals surface area contributed by atoms with E-state index in [1.807, 2.05) is 31.4 Å². The average Bonchev–Trinajstić information content (AvgIpc) is 2.36. The zero-order valence-corrected chi connectivity index (χ0v) is 8.75. The Labute approximate surface area is 81.9 Å². The molecule has 0 spiro atoms. The molecule has 1 nitrogen and oxygen atoms in total. The first kappa shape index (κ1) is 9.78. The van der Waals surface area contributed by atoms with Crippen molar-refractivity contribution in [2.24, 2.45) is 5.73 Å². The maximum absolute atomic E-state index is 5.92. The van der Waals surface area contributed by atoms with E-state index in [2.05, 4.69) is 0 Å². The van der Waals surface area contributed by atoms with E-state index in [4.69, 9.17) is 17.3 Å². The van der Waals surface area contributed by atoms with Gasteiger partial charge in [0.25, 0.3) is 0 Å². The van der Waals surface area contributed by atoms with Crippen LogP contribution in [0.2, 0.25) is 4.34 Å². The number of nitrogens with two attached hydrogens (primary N) is 1. The zero-order valence-electron chi connectivity index (χ0n) is 7.17. The third-order valence-electron chi connectivity index (χ3n) is 1.75. The van der Waals surface area contributed by atoms with E-state index in [1.165, 1.54) is 11.3 Å².